The van der Waals surface area contributed by atoms with Crippen LogP contribution in [0, 0.1) is 0 Å². The molecule has 0 aliphatic carbocycles. The van der Waals surface area contributed by atoms with Crippen molar-refractivity contribution in [2.24, 2.45) is 0 Å². The fourth-order valence-corrected chi connectivity index (χ4v) is 2.18. The van der Waals surface area contributed by atoms with Gasteiger partial charge in [-0.3, -0.25) is 10.1 Å². The number of amides is 1. The molecular formula is C13H16N4O3S. The van der Waals surface area contributed by atoms with Gasteiger partial charge in [0.15, 0.2) is 11.5 Å². The van der Waals surface area contributed by atoms with Crippen LogP contribution in [0.25, 0.3) is 0 Å². The van der Waals surface area contributed by atoms with Crippen molar-refractivity contribution in [3.63, 3.8) is 0 Å². The lowest BCUT2D eigenvalue weighted by Crippen LogP contribution is -2.13. The Morgan fingerprint density at radius 1 is 1.33 bits per heavy atom. The number of thioether (sulfide) groups is 1. The predicted molar refractivity (Wildman–Crippen MR) is 80.3 cm³/mol. The molecule has 2 N–H and O–H groups in total. The normalized spacial score (nSPS) is 10.2. The number of carbonyl (C=O) groups is 1. The van der Waals surface area contributed by atoms with E-state index in [9.17, 15) is 4.79 Å². The number of hydrogen-bond donors (Lipinski definition) is 2. The van der Waals surface area contributed by atoms with Crippen molar-refractivity contribution in [1.82, 2.24) is 15.2 Å². The van der Waals surface area contributed by atoms with Gasteiger partial charge >= 0.3 is 0 Å². The van der Waals surface area contributed by atoms with Crippen LogP contribution < -0.4 is 14.8 Å². The third-order valence-corrected chi connectivity index (χ3v) is 3.35. The highest BCUT2D eigenvalue weighted by Crippen LogP contribution is 2.27. The molecule has 1 aromatic heterocycles. The Bertz CT molecular complexity index is 630. The molecule has 1 aromatic carbocycles. The molecule has 0 spiro atoms. The highest BCUT2D eigenvalue weighted by Gasteiger charge is 2.12. The van der Waals surface area contributed by atoms with E-state index in [2.05, 4.69) is 20.5 Å². The third kappa shape index (κ3) is 3.66. The minimum absolute atomic E-state index is 0.305. The first-order valence-corrected chi connectivity index (χ1v) is 7.25. The van der Waals surface area contributed by atoms with Crippen LogP contribution >= 0.6 is 11.8 Å². The van der Waals surface area contributed by atoms with Gasteiger partial charge in [0.25, 0.3) is 5.91 Å². The summed E-state index contributed by atoms with van der Waals surface area (Å²) >= 11 is 1.49. The fraction of sp³-hybridized carbons (Fsp3) is 0.308. The molecule has 0 aliphatic heterocycles. The Hall–Kier alpha value is -2.22. The highest BCUT2D eigenvalue weighted by molar-refractivity contribution is 7.99. The molecule has 0 radical (unpaired) electrons. The molecule has 2 rings (SSSR count). The highest BCUT2D eigenvalue weighted by atomic mass is 32.2. The molecule has 8 heteroatoms. The van der Waals surface area contributed by atoms with Crippen LogP contribution in [0.5, 0.6) is 11.5 Å². The Kier molecular flexibility index (Phi) is 5.04. The summed E-state index contributed by atoms with van der Waals surface area (Å²) in [4.78, 5) is 16.3. The number of rotatable bonds is 6. The lowest BCUT2D eigenvalue weighted by molar-refractivity contribution is 0.102. The van der Waals surface area contributed by atoms with Crippen molar-refractivity contribution in [2.75, 3.05) is 25.3 Å². The molecule has 0 atom stereocenters. The van der Waals surface area contributed by atoms with E-state index in [1.54, 1.807) is 25.3 Å². The summed E-state index contributed by atoms with van der Waals surface area (Å²) in [6.45, 7) is 2.00. The number of nitrogens with one attached hydrogen (secondary N) is 2. The fourth-order valence-electron chi connectivity index (χ4n) is 1.65. The van der Waals surface area contributed by atoms with Gasteiger partial charge in [-0.2, -0.15) is 4.98 Å². The van der Waals surface area contributed by atoms with Crippen LogP contribution in [0.1, 0.15) is 17.3 Å². The van der Waals surface area contributed by atoms with Crippen molar-refractivity contribution < 1.29 is 14.3 Å². The van der Waals surface area contributed by atoms with E-state index in [1.807, 2.05) is 6.92 Å². The number of anilines is 1. The lowest BCUT2D eigenvalue weighted by atomic mass is 10.2. The number of benzene rings is 1. The second-order valence-corrected chi connectivity index (χ2v) is 5.15. The second kappa shape index (κ2) is 6.98. The van der Waals surface area contributed by atoms with Crippen LogP contribution in [0.3, 0.4) is 0 Å². The topological polar surface area (TPSA) is 89.1 Å². The number of H-pyrrole nitrogens is 1. The number of ether oxygens (including phenoxy) is 2. The Morgan fingerprint density at radius 3 is 2.76 bits per heavy atom. The number of carbonyl (C=O) groups excluding carboxylic acids is 1. The van der Waals surface area contributed by atoms with E-state index < -0.39 is 0 Å². The molecule has 1 heterocycles. The van der Waals surface area contributed by atoms with Gasteiger partial charge in [-0.25, -0.2) is 5.10 Å². The van der Waals surface area contributed by atoms with Crippen LogP contribution in [-0.4, -0.2) is 41.1 Å². The summed E-state index contributed by atoms with van der Waals surface area (Å²) in [5.41, 5.74) is 0.439. The van der Waals surface area contributed by atoms with Gasteiger partial charge in [0.2, 0.25) is 11.1 Å². The maximum Gasteiger partial charge on any atom is 0.258 e. The maximum atomic E-state index is 12.1. The van der Waals surface area contributed by atoms with E-state index in [1.165, 1.54) is 18.9 Å². The van der Waals surface area contributed by atoms with Crippen molar-refractivity contribution in [2.45, 2.75) is 12.1 Å². The second-order valence-electron chi connectivity index (χ2n) is 3.92. The molecule has 0 saturated carbocycles. The van der Waals surface area contributed by atoms with Gasteiger partial charge in [-0.1, -0.05) is 18.7 Å². The van der Waals surface area contributed by atoms with Crippen LogP contribution in [0.4, 0.5) is 5.95 Å². The zero-order valence-corrected chi connectivity index (χ0v) is 12.8. The summed E-state index contributed by atoms with van der Waals surface area (Å²) in [6, 6.07) is 4.92. The molecule has 21 heavy (non-hydrogen) atoms. The molecule has 0 saturated heterocycles. The standard InChI is InChI=1S/C13H16N4O3S/c1-4-21-13-15-12(16-17-13)14-11(18)8-5-6-9(19-2)10(7-8)20-3/h5-7H,4H2,1-3H3,(H2,14,15,16,17,18). The van der Waals surface area contributed by atoms with Gasteiger partial charge in [0.1, 0.15) is 0 Å². The average molecular weight is 308 g/mol. The zero-order chi connectivity index (χ0) is 15.2. The molecule has 7 nitrogen and oxygen atoms in total. The van der Waals surface area contributed by atoms with Crippen molar-refractivity contribution in [3.8, 4) is 11.5 Å². The molecule has 0 fully saturated rings. The SMILES string of the molecule is CCSc1n[nH]c(NC(=O)c2ccc(OC)c(OC)c2)n1. The summed E-state index contributed by atoms with van der Waals surface area (Å²) in [5.74, 6) is 1.92. The van der Waals surface area contributed by atoms with Crippen LogP contribution in [0.2, 0.25) is 0 Å². The number of aromatic amines is 1. The zero-order valence-electron chi connectivity index (χ0n) is 12.0. The first-order chi connectivity index (χ1) is 10.2. The predicted octanol–water partition coefficient (Wildman–Crippen LogP) is 2.19. The van der Waals surface area contributed by atoms with E-state index in [0.29, 0.717) is 28.2 Å². The van der Waals surface area contributed by atoms with Crippen LogP contribution in [0.15, 0.2) is 23.4 Å². The van der Waals surface area contributed by atoms with Gasteiger partial charge in [0.05, 0.1) is 14.2 Å². The Morgan fingerprint density at radius 2 is 2.10 bits per heavy atom. The van der Waals surface area contributed by atoms with Crippen LogP contribution in [-0.2, 0) is 0 Å². The van der Waals surface area contributed by atoms with E-state index in [4.69, 9.17) is 9.47 Å². The molecule has 0 unspecified atom stereocenters. The molecular weight excluding hydrogens is 292 g/mol. The minimum Gasteiger partial charge on any atom is -0.493 e. The van der Waals surface area contributed by atoms with Crippen molar-refractivity contribution >= 4 is 23.6 Å². The third-order valence-electron chi connectivity index (χ3n) is 2.62. The smallest absolute Gasteiger partial charge is 0.258 e. The van der Waals surface area contributed by atoms with Gasteiger partial charge < -0.3 is 9.47 Å². The average Bonchev–Trinajstić information content (AvgIpc) is 2.94. The Balaban J connectivity index is 2.12. The molecule has 1 amide bonds. The maximum absolute atomic E-state index is 12.1. The summed E-state index contributed by atoms with van der Waals surface area (Å²) < 4.78 is 10.3. The minimum atomic E-state index is -0.305. The van der Waals surface area contributed by atoms with Crippen molar-refractivity contribution in [1.29, 1.82) is 0 Å². The van der Waals surface area contributed by atoms with Gasteiger partial charge in [-0.05, 0) is 24.0 Å². The number of aromatic nitrogens is 3. The first kappa shape index (κ1) is 15.2. The monoisotopic (exact) mass is 308 g/mol. The summed E-state index contributed by atoms with van der Waals surface area (Å²) in [5, 5.41) is 9.90. The van der Waals surface area contributed by atoms with E-state index in [0.717, 1.165) is 5.75 Å². The molecule has 2 aromatic rings. The molecule has 112 valence electrons. The molecule has 0 aliphatic rings. The van der Waals surface area contributed by atoms with E-state index >= 15 is 0 Å². The van der Waals surface area contributed by atoms with Crippen molar-refractivity contribution in [3.05, 3.63) is 23.8 Å². The largest absolute Gasteiger partial charge is 0.493 e. The van der Waals surface area contributed by atoms with Gasteiger partial charge in [0, 0.05) is 5.56 Å². The van der Waals surface area contributed by atoms with E-state index in [-0.39, 0.29) is 5.91 Å². The van der Waals surface area contributed by atoms with Gasteiger partial charge in [-0.15, -0.1) is 5.10 Å². The summed E-state index contributed by atoms with van der Waals surface area (Å²) in [7, 11) is 3.06. The summed E-state index contributed by atoms with van der Waals surface area (Å²) in [6.07, 6.45) is 0. The quantitative estimate of drug-likeness (QED) is 0.795. The Labute approximate surface area is 126 Å². The molecule has 0 bridgehead atoms. The number of hydrogen-bond acceptors (Lipinski definition) is 6. The number of methoxy groups -OCH3 is 2. The lowest BCUT2D eigenvalue weighted by Gasteiger charge is -2.09. The first-order valence-electron chi connectivity index (χ1n) is 6.26. The number of nitrogens with zero attached hydrogens (tertiary/aromatic N) is 2.